The molecule has 0 aliphatic carbocycles. The zero-order valence-corrected chi connectivity index (χ0v) is 15.2. The van der Waals surface area contributed by atoms with Gasteiger partial charge in [0, 0.05) is 34.4 Å². The lowest BCUT2D eigenvalue weighted by Gasteiger charge is -2.12. The van der Waals surface area contributed by atoms with Gasteiger partial charge in [-0.3, -0.25) is 0 Å². The maximum Gasteiger partial charge on any atom is 0.237 e. The molecule has 25 heavy (non-hydrogen) atoms. The number of nitrogens with zero attached hydrogens (tertiary/aromatic N) is 3. The van der Waals surface area contributed by atoms with Crippen LogP contribution in [0.4, 0.5) is 5.88 Å². The molecule has 0 amide bonds. The number of hydrogen-bond donors (Lipinski definition) is 0. The second-order valence-corrected chi connectivity index (χ2v) is 6.28. The van der Waals surface area contributed by atoms with Gasteiger partial charge in [-0.15, -0.1) is 0 Å². The van der Waals surface area contributed by atoms with E-state index in [4.69, 9.17) is 4.42 Å². The van der Waals surface area contributed by atoms with E-state index < -0.39 is 0 Å². The van der Waals surface area contributed by atoms with E-state index >= 15 is 0 Å². The summed E-state index contributed by atoms with van der Waals surface area (Å²) in [5.41, 5.74) is 6.99. The summed E-state index contributed by atoms with van der Waals surface area (Å²) in [5, 5.41) is 9.30. The van der Waals surface area contributed by atoms with Gasteiger partial charge in [0.1, 0.15) is 17.4 Å². The minimum Gasteiger partial charge on any atom is -0.442 e. The number of para-hydroxylation sites is 1. The highest BCUT2D eigenvalue weighted by atomic mass is 16.4. The number of aromatic nitrogens is 1. The molecule has 2 heterocycles. The first-order valence-corrected chi connectivity index (χ1v) is 8.23. The van der Waals surface area contributed by atoms with Gasteiger partial charge in [-0.2, -0.15) is 5.26 Å². The molecule has 0 bridgehead atoms. The predicted octanol–water partition coefficient (Wildman–Crippen LogP) is 5.23. The van der Waals surface area contributed by atoms with Crippen LogP contribution in [0.5, 0.6) is 0 Å². The lowest BCUT2D eigenvalue weighted by atomic mass is 10.2. The zero-order valence-electron chi connectivity index (χ0n) is 15.2. The van der Waals surface area contributed by atoms with Crippen LogP contribution in [-0.2, 0) is 0 Å². The fourth-order valence-corrected chi connectivity index (χ4v) is 3.06. The molecule has 2 aromatic heterocycles. The molecule has 0 radical (unpaired) electrons. The van der Waals surface area contributed by atoms with Crippen LogP contribution in [0.3, 0.4) is 0 Å². The van der Waals surface area contributed by atoms with E-state index in [1.165, 1.54) is 11.3 Å². The first kappa shape index (κ1) is 16.8. The quantitative estimate of drug-likeness (QED) is 0.617. The van der Waals surface area contributed by atoms with Crippen LogP contribution in [0.25, 0.3) is 5.69 Å². The maximum atomic E-state index is 9.30. The van der Waals surface area contributed by atoms with Crippen molar-refractivity contribution in [2.24, 2.45) is 4.99 Å². The highest BCUT2D eigenvalue weighted by Gasteiger charge is 2.14. The Kier molecular flexibility index (Phi) is 4.33. The van der Waals surface area contributed by atoms with E-state index in [2.05, 4.69) is 54.6 Å². The lowest BCUT2D eigenvalue weighted by molar-refractivity contribution is 0.542. The highest BCUT2D eigenvalue weighted by Crippen LogP contribution is 2.28. The normalized spacial score (nSPS) is 11.2. The third kappa shape index (κ3) is 2.89. The molecule has 126 valence electrons. The van der Waals surface area contributed by atoms with Gasteiger partial charge in [0.25, 0.3) is 0 Å². The number of benzene rings is 1. The molecule has 1 aromatic carbocycles. The van der Waals surface area contributed by atoms with Crippen LogP contribution in [0.2, 0.25) is 0 Å². The van der Waals surface area contributed by atoms with Crippen LogP contribution in [0, 0.1) is 45.9 Å². The number of aliphatic imine (C=N–C) groups is 1. The fraction of sp³-hybridized carbons (Fsp3) is 0.238. The Labute approximate surface area is 148 Å². The predicted molar refractivity (Wildman–Crippen MR) is 100 cm³/mol. The second kappa shape index (κ2) is 6.45. The van der Waals surface area contributed by atoms with Crippen LogP contribution >= 0.6 is 0 Å². The molecule has 0 aliphatic rings. The SMILES string of the molecule is Cc1ccccc1-n1c(C)cc(C=Nc2oc(C)c(C)c2C#N)c1C. The number of aryl methyl sites for hydroxylation is 3. The summed E-state index contributed by atoms with van der Waals surface area (Å²) in [6.07, 6.45) is 1.77. The molecular formula is C21H21N3O. The summed E-state index contributed by atoms with van der Waals surface area (Å²) in [6, 6.07) is 12.6. The molecule has 0 saturated heterocycles. The molecule has 4 heteroatoms. The Morgan fingerprint density at radius 2 is 1.84 bits per heavy atom. The number of hydrogen-bond acceptors (Lipinski definition) is 3. The summed E-state index contributed by atoms with van der Waals surface area (Å²) >= 11 is 0. The summed E-state index contributed by atoms with van der Waals surface area (Å²) < 4.78 is 7.83. The van der Waals surface area contributed by atoms with Crippen LogP contribution in [0.15, 0.2) is 39.7 Å². The van der Waals surface area contributed by atoms with Gasteiger partial charge >= 0.3 is 0 Å². The van der Waals surface area contributed by atoms with E-state index in [-0.39, 0.29) is 0 Å². The second-order valence-electron chi connectivity index (χ2n) is 6.28. The van der Waals surface area contributed by atoms with Crippen LogP contribution < -0.4 is 0 Å². The number of rotatable bonds is 3. The van der Waals surface area contributed by atoms with E-state index in [0.717, 1.165) is 28.3 Å². The molecular weight excluding hydrogens is 310 g/mol. The van der Waals surface area contributed by atoms with Crippen LogP contribution in [-0.4, -0.2) is 10.8 Å². The first-order chi connectivity index (χ1) is 11.9. The van der Waals surface area contributed by atoms with Crippen molar-refractivity contribution in [3.8, 4) is 11.8 Å². The smallest absolute Gasteiger partial charge is 0.237 e. The summed E-state index contributed by atoms with van der Waals surface area (Å²) in [4.78, 5) is 4.43. The van der Waals surface area contributed by atoms with Crippen molar-refractivity contribution in [2.75, 3.05) is 0 Å². The zero-order chi connectivity index (χ0) is 18.1. The van der Waals surface area contributed by atoms with Gasteiger partial charge in [-0.1, -0.05) is 18.2 Å². The lowest BCUT2D eigenvalue weighted by Crippen LogP contribution is -2.01. The van der Waals surface area contributed by atoms with Crippen molar-refractivity contribution in [3.05, 3.63) is 69.7 Å². The average Bonchev–Trinajstić information content (AvgIpc) is 3.02. The van der Waals surface area contributed by atoms with Crippen LogP contribution in [0.1, 0.15) is 39.4 Å². The minimum absolute atomic E-state index is 0.373. The van der Waals surface area contributed by atoms with Gasteiger partial charge in [0.05, 0.1) is 0 Å². The number of nitriles is 1. The van der Waals surface area contributed by atoms with Crippen molar-refractivity contribution >= 4 is 12.1 Å². The van der Waals surface area contributed by atoms with E-state index in [1.807, 2.05) is 26.0 Å². The summed E-state index contributed by atoms with van der Waals surface area (Å²) in [5.74, 6) is 1.10. The molecule has 0 N–H and O–H groups in total. The van der Waals surface area contributed by atoms with Gasteiger partial charge in [0.2, 0.25) is 5.88 Å². The van der Waals surface area contributed by atoms with E-state index in [0.29, 0.717) is 11.4 Å². The average molecular weight is 331 g/mol. The highest BCUT2D eigenvalue weighted by molar-refractivity contribution is 5.84. The Bertz CT molecular complexity index is 1010. The summed E-state index contributed by atoms with van der Waals surface area (Å²) in [7, 11) is 0. The molecule has 0 saturated carbocycles. The maximum absolute atomic E-state index is 9.30. The van der Waals surface area contributed by atoms with Gasteiger partial charge < -0.3 is 8.98 Å². The van der Waals surface area contributed by atoms with Crippen molar-refractivity contribution in [1.82, 2.24) is 4.57 Å². The van der Waals surface area contributed by atoms with Gasteiger partial charge in [0.15, 0.2) is 0 Å². The standard InChI is InChI=1S/C21H21N3O/c1-13-8-6-7-9-20(13)24-14(2)10-18(16(24)4)12-23-21-19(11-22)15(3)17(5)25-21/h6-10,12H,1-5H3. The third-order valence-electron chi connectivity index (χ3n) is 4.63. The van der Waals surface area contributed by atoms with Crippen molar-refractivity contribution < 1.29 is 4.42 Å². The fourth-order valence-electron chi connectivity index (χ4n) is 3.06. The number of furan rings is 1. The Morgan fingerprint density at radius 3 is 2.52 bits per heavy atom. The van der Waals surface area contributed by atoms with Crippen molar-refractivity contribution in [1.29, 1.82) is 5.26 Å². The topological polar surface area (TPSA) is 54.2 Å². The monoisotopic (exact) mass is 331 g/mol. The molecule has 0 aliphatic heterocycles. The van der Waals surface area contributed by atoms with Crippen molar-refractivity contribution in [2.45, 2.75) is 34.6 Å². The molecule has 3 aromatic rings. The Hall–Kier alpha value is -3.06. The molecule has 0 unspecified atom stereocenters. The van der Waals surface area contributed by atoms with E-state index in [1.54, 1.807) is 6.21 Å². The summed E-state index contributed by atoms with van der Waals surface area (Å²) in [6.45, 7) is 9.98. The van der Waals surface area contributed by atoms with Crippen molar-refractivity contribution in [3.63, 3.8) is 0 Å². The molecule has 0 atom stereocenters. The Morgan fingerprint density at radius 1 is 1.12 bits per heavy atom. The van der Waals surface area contributed by atoms with E-state index in [9.17, 15) is 5.26 Å². The Balaban J connectivity index is 2.04. The molecule has 0 fully saturated rings. The molecule has 4 nitrogen and oxygen atoms in total. The molecule has 3 rings (SSSR count). The first-order valence-electron chi connectivity index (χ1n) is 8.23. The largest absolute Gasteiger partial charge is 0.442 e. The van der Waals surface area contributed by atoms with Gasteiger partial charge in [-0.25, -0.2) is 4.99 Å². The molecule has 0 spiro atoms. The minimum atomic E-state index is 0.373. The third-order valence-corrected chi connectivity index (χ3v) is 4.63. The van der Waals surface area contributed by atoms with Gasteiger partial charge in [-0.05, 0) is 52.3 Å².